The molecule has 6 rings (SSSR count). The molecule has 6 aromatic rings. The third-order valence-electron chi connectivity index (χ3n) is 7.41. The summed E-state index contributed by atoms with van der Waals surface area (Å²) in [6, 6.07) is 31.1. The minimum atomic E-state index is -0.201. The Balaban J connectivity index is 0.00000353. The molecule has 0 saturated carbocycles. The fourth-order valence-electron chi connectivity index (χ4n) is 5.24. The average Bonchev–Trinajstić information content (AvgIpc) is 3.25. The molecule has 3 aromatic heterocycles. The second-order valence-corrected chi connectivity index (χ2v) is 12.5. The number of para-hydroxylation sites is 2. The third-order valence-corrected chi connectivity index (χ3v) is 7.41. The monoisotopic (exact) mass is 735 g/mol. The van der Waals surface area contributed by atoms with Crippen molar-refractivity contribution in [3.05, 3.63) is 108 Å². The molecule has 0 unspecified atom stereocenters. The first-order chi connectivity index (χ1) is 19.5. The zero-order valence-corrected chi connectivity index (χ0v) is 26.9. The van der Waals surface area contributed by atoms with E-state index in [2.05, 4.69) is 81.4 Å². The number of aromatic hydroxyl groups is 1. The van der Waals surface area contributed by atoms with Crippen LogP contribution < -0.4 is 4.74 Å². The van der Waals surface area contributed by atoms with Gasteiger partial charge in [0.2, 0.25) is 5.88 Å². The van der Waals surface area contributed by atoms with Crippen LogP contribution in [-0.4, -0.2) is 19.6 Å². The smallest absolute Gasteiger partial charge is 0.217 e. The molecule has 5 nitrogen and oxygen atoms in total. The maximum absolute atomic E-state index is 11.0. The third kappa shape index (κ3) is 5.46. The Morgan fingerprint density at radius 3 is 2.24 bits per heavy atom. The summed E-state index contributed by atoms with van der Waals surface area (Å²) >= 11 is 0. The molecular weight excluding hydrogens is 701 g/mol. The number of fused-ring (bicyclic) bond motifs is 3. The summed E-state index contributed by atoms with van der Waals surface area (Å²) < 4.78 is 8.09. The number of hydrogen-bond acceptors (Lipinski definition) is 4. The Hall–Kier alpha value is -3.95. The number of aromatic nitrogens is 3. The molecule has 0 aliphatic rings. The molecule has 0 spiro atoms. The predicted molar refractivity (Wildman–Crippen MR) is 166 cm³/mol. The maximum atomic E-state index is 11.0. The quantitative estimate of drug-likeness (QED) is 0.184. The SMILES string of the molecule is CC(C)(C)c1ccc2c(c1)c1cc(C(C)(C)C)c(-c3[c-]c(Oc4ccccn4)ccc3)nc1n2-c1ccccc1O.[Pt]. The van der Waals surface area contributed by atoms with Crippen LogP contribution in [0.1, 0.15) is 52.7 Å². The van der Waals surface area contributed by atoms with Gasteiger partial charge in [0.15, 0.2) is 0 Å². The first-order valence-corrected chi connectivity index (χ1v) is 13.9. The minimum Gasteiger partial charge on any atom is -0.506 e. The van der Waals surface area contributed by atoms with Crippen LogP contribution in [0.5, 0.6) is 17.4 Å². The van der Waals surface area contributed by atoms with E-state index in [-0.39, 0.29) is 37.6 Å². The van der Waals surface area contributed by atoms with Crippen LogP contribution in [0, 0.1) is 6.07 Å². The van der Waals surface area contributed by atoms with Crippen molar-refractivity contribution in [1.82, 2.24) is 14.5 Å². The fourth-order valence-corrected chi connectivity index (χ4v) is 5.24. The van der Waals surface area contributed by atoms with Gasteiger partial charge in [0, 0.05) is 49.9 Å². The molecule has 42 heavy (non-hydrogen) atoms. The number of ether oxygens (including phenoxy) is 1. The van der Waals surface area contributed by atoms with E-state index in [1.165, 1.54) is 5.56 Å². The Kier molecular flexibility index (Phi) is 7.76. The minimum absolute atomic E-state index is 0. The van der Waals surface area contributed by atoms with Crippen LogP contribution in [-0.2, 0) is 31.9 Å². The van der Waals surface area contributed by atoms with Crippen molar-refractivity contribution in [2.45, 2.75) is 52.4 Å². The summed E-state index contributed by atoms with van der Waals surface area (Å²) in [6.45, 7) is 13.3. The van der Waals surface area contributed by atoms with Crippen molar-refractivity contribution in [2.75, 3.05) is 0 Å². The van der Waals surface area contributed by atoms with Crippen LogP contribution in [0.4, 0.5) is 0 Å². The second-order valence-electron chi connectivity index (χ2n) is 12.5. The average molecular weight is 736 g/mol. The molecule has 216 valence electrons. The Bertz CT molecular complexity index is 1900. The van der Waals surface area contributed by atoms with Gasteiger partial charge in [-0.05, 0) is 52.4 Å². The molecule has 0 fully saturated rings. The first kappa shape index (κ1) is 29.5. The van der Waals surface area contributed by atoms with Crippen molar-refractivity contribution in [3.63, 3.8) is 0 Å². The zero-order chi connectivity index (χ0) is 28.9. The van der Waals surface area contributed by atoms with Gasteiger partial charge < -0.3 is 9.84 Å². The van der Waals surface area contributed by atoms with Crippen LogP contribution in [0.15, 0.2) is 91.1 Å². The number of phenolic OH excluding ortho intramolecular Hbond substituents is 1. The molecule has 0 atom stereocenters. The Labute approximate surface area is 261 Å². The summed E-state index contributed by atoms with van der Waals surface area (Å²) in [6.07, 6.45) is 1.70. The summed E-state index contributed by atoms with van der Waals surface area (Å²) in [7, 11) is 0. The molecule has 0 amide bonds. The van der Waals surface area contributed by atoms with Gasteiger partial charge in [-0.15, -0.1) is 23.8 Å². The molecule has 0 aliphatic heterocycles. The van der Waals surface area contributed by atoms with Gasteiger partial charge in [0.25, 0.3) is 0 Å². The van der Waals surface area contributed by atoms with E-state index in [1.54, 1.807) is 12.3 Å². The van der Waals surface area contributed by atoms with Crippen molar-refractivity contribution in [3.8, 4) is 34.3 Å². The van der Waals surface area contributed by atoms with E-state index >= 15 is 0 Å². The topological polar surface area (TPSA) is 60.2 Å². The number of nitrogens with zero attached hydrogens (tertiary/aromatic N) is 3. The molecule has 1 N–H and O–H groups in total. The van der Waals surface area contributed by atoms with Gasteiger partial charge in [-0.25, -0.2) is 4.98 Å². The molecule has 6 heteroatoms. The van der Waals surface area contributed by atoms with Crippen LogP contribution in [0.3, 0.4) is 0 Å². The van der Waals surface area contributed by atoms with Gasteiger partial charge in [-0.3, -0.25) is 9.55 Å². The standard InChI is InChI=1S/C36H34N3O2.Pt/c1-35(2,3)24-17-18-29-26(21-24)27-22-28(36(4,5)6)33(38-34(27)39(29)30-14-7-8-15-31(30)40)23-12-11-13-25(20-23)41-32-16-9-10-19-37-32;/h7-19,21-22,40H,1-6H3;/q-1;. The Morgan fingerprint density at radius 1 is 0.786 bits per heavy atom. The molecule has 0 bridgehead atoms. The molecule has 0 aliphatic carbocycles. The van der Waals surface area contributed by atoms with Gasteiger partial charge in [0.05, 0.1) is 11.2 Å². The van der Waals surface area contributed by atoms with E-state index in [0.717, 1.165) is 38.8 Å². The number of pyridine rings is 2. The van der Waals surface area contributed by atoms with Crippen molar-refractivity contribution in [2.24, 2.45) is 0 Å². The summed E-state index contributed by atoms with van der Waals surface area (Å²) in [5, 5.41) is 13.1. The van der Waals surface area contributed by atoms with Crippen molar-refractivity contribution >= 4 is 21.9 Å². The Morgan fingerprint density at radius 2 is 1.55 bits per heavy atom. The number of benzene rings is 3. The van der Waals surface area contributed by atoms with Crippen molar-refractivity contribution < 1.29 is 30.9 Å². The number of phenols is 1. The van der Waals surface area contributed by atoms with Gasteiger partial charge in [0.1, 0.15) is 11.4 Å². The zero-order valence-electron chi connectivity index (χ0n) is 24.7. The van der Waals surface area contributed by atoms with Crippen LogP contribution >= 0.6 is 0 Å². The molecule has 3 heterocycles. The molecule has 3 aromatic carbocycles. The van der Waals surface area contributed by atoms with E-state index in [1.807, 2.05) is 54.6 Å². The number of hydrogen-bond donors (Lipinski definition) is 1. The summed E-state index contributed by atoms with van der Waals surface area (Å²) in [4.78, 5) is 9.65. The number of rotatable bonds is 4. The van der Waals surface area contributed by atoms with Gasteiger partial charge >= 0.3 is 0 Å². The molecule has 0 saturated heterocycles. The van der Waals surface area contributed by atoms with E-state index in [0.29, 0.717) is 17.3 Å². The van der Waals surface area contributed by atoms with E-state index < -0.39 is 0 Å². The van der Waals surface area contributed by atoms with Gasteiger partial charge in [-0.1, -0.05) is 83.5 Å². The summed E-state index contributed by atoms with van der Waals surface area (Å²) in [5.74, 6) is 1.28. The van der Waals surface area contributed by atoms with Crippen LogP contribution in [0.2, 0.25) is 0 Å². The van der Waals surface area contributed by atoms with E-state index in [9.17, 15) is 5.11 Å². The fraction of sp³-hybridized carbons (Fsp3) is 0.222. The normalized spacial score (nSPS) is 12.0. The summed E-state index contributed by atoms with van der Waals surface area (Å²) in [5.41, 5.74) is 6.25. The maximum Gasteiger partial charge on any atom is 0.217 e. The van der Waals surface area contributed by atoms with Crippen molar-refractivity contribution in [1.29, 1.82) is 0 Å². The molecule has 0 radical (unpaired) electrons. The first-order valence-electron chi connectivity index (χ1n) is 13.9. The van der Waals surface area contributed by atoms with Gasteiger partial charge in [-0.2, -0.15) is 0 Å². The second kappa shape index (κ2) is 11.0. The van der Waals surface area contributed by atoms with E-state index in [4.69, 9.17) is 9.72 Å². The molecular formula is C36H34N3O2Pt-. The van der Waals surface area contributed by atoms with Crippen LogP contribution in [0.25, 0.3) is 38.9 Å². The predicted octanol–water partition coefficient (Wildman–Crippen LogP) is 9.13. The largest absolute Gasteiger partial charge is 0.506 e.